The van der Waals surface area contributed by atoms with Gasteiger partial charge in [-0.3, -0.25) is 10.1 Å². The van der Waals surface area contributed by atoms with Crippen molar-refractivity contribution >= 4 is 5.69 Å². The standard InChI is InChI=1S/C12H15NO4/c1-8-7-9(2)17-12(16-8)10-3-5-11(6-4-10)13(14)15/h3-6,8-9,12H,7H2,1-2H3. The maximum absolute atomic E-state index is 10.5. The molecule has 0 aromatic heterocycles. The van der Waals surface area contributed by atoms with Crippen LogP contribution in [0.5, 0.6) is 0 Å². The number of hydrogen-bond acceptors (Lipinski definition) is 4. The lowest BCUT2D eigenvalue weighted by molar-refractivity contribution is -0.384. The van der Waals surface area contributed by atoms with E-state index in [1.807, 2.05) is 13.8 Å². The molecule has 0 radical (unpaired) electrons. The van der Waals surface area contributed by atoms with Gasteiger partial charge in [0.2, 0.25) is 0 Å². The first-order valence-corrected chi connectivity index (χ1v) is 5.61. The number of nitro benzene ring substituents is 1. The van der Waals surface area contributed by atoms with Crippen molar-refractivity contribution in [1.82, 2.24) is 0 Å². The van der Waals surface area contributed by atoms with Crippen molar-refractivity contribution in [3.05, 3.63) is 39.9 Å². The molecule has 1 heterocycles. The van der Waals surface area contributed by atoms with Gasteiger partial charge < -0.3 is 9.47 Å². The SMILES string of the molecule is CC1CC(C)OC(c2ccc([N+](=O)[O-])cc2)O1. The molecule has 92 valence electrons. The Balaban J connectivity index is 2.14. The molecule has 17 heavy (non-hydrogen) atoms. The van der Waals surface area contributed by atoms with Crippen molar-refractivity contribution in [3.8, 4) is 0 Å². The van der Waals surface area contributed by atoms with E-state index in [0.29, 0.717) is 0 Å². The molecule has 5 nitrogen and oxygen atoms in total. The van der Waals surface area contributed by atoms with Crippen LogP contribution in [0.2, 0.25) is 0 Å². The molecule has 2 unspecified atom stereocenters. The van der Waals surface area contributed by atoms with E-state index in [1.54, 1.807) is 12.1 Å². The Hall–Kier alpha value is -1.46. The number of rotatable bonds is 2. The van der Waals surface area contributed by atoms with Gasteiger partial charge in [0.15, 0.2) is 6.29 Å². The van der Waals surface area contributed by atoms with E-state index in [0.717, 1.165) is 12.0 Å². The molecule has 0 bridgehead atoms. The summed E-state index contributed by atoms with van der Waals surface area (Å²) in [5, 5.41) is 10.5. The van der Waals surface area contributed by atoms with Gasteiger partial charge in [0.05, 0.1) is 17.1 Å². The molecule has 5 heteroatoms. The predicted octanol–water partition coefficient (Wildman–Crippen LogP) is 2.81. The van der Waals surface area contributed by atoms with Gasteiger partial charge in [-0.15, -0.1) is 0 Å². The summed E-state index contributed by atoms with van der Waals surface area (Å²) >= 11 is 0. The Morgan fingerprint density at radius 3 is 2.18 bits per heavy atom. The maximum atomic E-state index is 10.5. The van der Waals surface area contributed by atoms with E-state index < -0.39 is 11.2 Å². The van der Waals surface area contributed by atoms with Crippen molar-refractivity contribution < 1.29 is 14.4 Å². The average Bonchev–Trinajstić information content (AvgIpc) is 2.28. The fraction of sp³-hybridized carbons (Fsp3) is 0.500. The Morgan fingerprint density at radius 2 is 1.71 bits per heavy atom. The van der Waals surface area contributed by atoms with Gasteiger partial charge in [-0.1, -0.05) is 0 Å². The van der Waals surface area contributed by atoms with E-state index in [2.05, 4.69) is 0 Å². The quantitative estimate of drug-likeness (QED) is 0.586. The van der Waals surface area contributed by atoms with Crippen molar-refractivity contribution in [2.75, 3.05) is 0 Å². The summed E-state index contributed by atoms with van der Waals surface area (Å²) in [6.07, 6.45) is 0.719. The molecule has 2 rings (SSSR count). The lowest BCUT2D eigenvalue weighted by Gasteiger charge is -2.32. The average molecular weight is 237 g/mol. The first-order valence-electron chi connectivity index (χ1n) is 5.61. The fourth-order valence-corrected chi connectivity index (χ4v) is 1.94. The third-order valence-electron chi connectivity index (χ3n) is 2.75. The second-order valence-electron chi connectivity index (χ2n) is 4.31. The normalized spacial score (nSPS) is 28.9. The van der Waals surface area contributed by atoms with Gasteiger partial charge in [-0.2, -0.15) is 0 Å². The second-order valence-corrected chi connectivity index (χ2v) is 4.31. The number of non-ortho nitro benzene ring substituents is 1. The van der Waals surface area contributed by atoms with Crippen LogP contribution in [-0.4, -0.2) is 17.1 Å². The summed E-state index contributed by atoms with van der Waals surface area (Å²) in [6, 6.07) is 6.28. The molecular weight excluding hydrogens is 222 g/mol. The highest BCUT2D eigenvalue weighted by Crippen LogP contribution is 2.30. The zero-order valence-electron chi connectivity index (χ0n) is 9.83. The fourth-order valence-electron chi connectivity index (χ4n) is 1.94. The Labute approximate surface area is 99.5 Å². The number of nitro groups is 1. The van der Waals surface area contributed by atoms with Gasteiger partial charge in [-0.05, 0) is 32.4 Å². The van der Waals surface area contributed by atoms with Crippen molar-refractivity contribution in [2.24, 2.45) is 0 Å². The lowest BCUT2D eigenvalue weighted by atomic mass is 10.1. The number of benzene rings is 1. The van der Waals surface area contributed by atoms with Crippen LogP contribution >= 0.6 is 0 Å². The Kier molecular flexibility index (Phi) is 3.40. The van der Waals surface area contributed by atoms with E-state index >= 15 is 0 Å². The zero-order chi connectivity index (χ0) is 12.4. The van der Waals surface area contributed by atoms with E-state index in [4.69, 9.17) is 9.47 Å². The minimum Gasteiger partial charge on any atom is -0.345 e. The molecule has 1 aliphatic rings. The molecule has 1 aliphatic heterocycles. The minimum atomic E-state index is -0.422. The van der Waals surface area contributed by atoms with E-state index in [9.17, 15) is 10.1 Å². The van der Waals surface area contributed by atoms with Crippen molar-refractivity contribution in [1.29, 1.82) is 0 Å². The maximum Gasteiger partial charge on any atom is 0.269 e. The summed E-state index contributed by atoms with van der Waals surface area (Å²) < 4.78 is 11.3. The molecule has 2 atom stereocenters. The molecule has 1 saturated heterocycles. The third-order valence-corrected chi connectivity index (χ3v) is 2.75. The highest BCUT2D eigenvalue weighted by atomic mass is 16.7. The summed E-state index contributed by atoms with van der Waals surface area (Å²) in [4.78, 5) is 10.1. The zero-order valence-corrected chi connectivity index (χ0v) is 9.83. The monoisotopic (exact) mass is 237 g/mol. The molecule has 1 fully saturated rings. The summed E-state index contributed by atoms with van der Waals surface area (Å²) in [5.74, 6) is 0. The van der Waals surface area contributed by atoms with Crippen molar-refractivity contribution in [3.63, 3.8) is 0 Å². The second kappa shape index (κ2) is 4.81. The predicted molar refractivity (Wildman–Crippen MR) is 61.5 cm³/mol. The number of nitrogens with zero attached hydrogens (tertiary/aromatic N) is 1. The highest BCUT2D eigenvalue weighted by molar-refractivity contribution is 5.33. The summed E-state index contributed by atoms with van der Waals surface area (Å²) in [5.41, 5.74) is 0.889. The molecule has 0 aliphatic carbocycles. The molecule has 0 saturated carbocycles. The molecule has 1 aromatic rings. The van der Waals surface area contributed by atoms with Crippen LogP contribution in [0.25, 0.3) is 0 Å². The molecule has 0 N–H and O–H groups in total. The van der Waals surface area contributed by atoms with Crippen LogP contribution in [-0.2, 0) is 9.47 Å². The first kappa shape index (κ1) is 12.0. The van der Waals surface area contributed by atoms with Crippen LogP contribution in [0.3, 0.4) is 0 Å². The van der Waals surface area contributed by atoms with Gasteiger partial charge >= 0.3 is 0 Å². The highest BCUT2D eigenvalue weighted by Gasteiger charge is 2.26. The largest absolute Gasteiger partial charge is 0.345 e. The topological polar surface area (TPSA) is 61.6 Å². The van der Waals surface area contributed by atoms with Crippen LogP contribution < -0.4 is 0 Å². The minimum absolute atomic E-state index is 0.0747. The summed E-state index contributed by atoms with van der Waals surface area (Å²) in [6.45, 7) is 3.99. The van der Waals surface area contributed by atoms with E-state index in [1.165, 1.54) is 12.1 Å². The first-order chi connectivity index (χ1) is 8.06. The Morgan fingerprint density at radius 1 is 1.18 bits per heavy atom. The lowest BCUT2D eigenvalue weighted by Crippen LogP contribution is -2.30. The van der Waals surface area contributed by atoms with Crippen LogP contribution in [0.4, 0.5) is 5.69 Å². The van der Waals surface area contributed by atoms with Crippen LogP contribution in [0, 0.1) is 10.1 Å². The smallest absolute Gasteiger partial charge is 0.269 e. The van der Waals surface area contributed by atoms with Gasteiger partial charge in [-0.25, -0.2) is 0 Å². The number of hydrogen-bond donors (Lipinski definition) is 0. The third kappa shape index (κ3) is 2.81. The molecule has 0 amide bonds. The Bertz CT molecular complexity index is 393. The summed E-state index contributed by atoms with van der Waals surface area (Å²) in [7, 11) is 0. The molecule has 0 spiro atoms. The van der Waals surface area contributed by atoms with Gasteiger partial charge in [0, 0.05) is 17.7 Å². The number of ether oxygens (including phenoxy) is 2. The molecular formula is C12H15NO4. The molecule has 1 aromatic carbocycles. The van der Waals surface area contributed by atoms with Crippen LogP contribution in [0.15, 0.2) is 24.3 Å². The van der Waals surface area contributed by atoms with Gasteiger partial charge in [0.1, 0.15) is 0 Å². The van der Waals surface area contributed by atoms with Gasteiger partial charge in [0.25, 0.3) is 5.69 Å². The van der Waals surface area contributed by atoms with E-state index in [-0.39, 0.29) is 17.9 Å². The van der Waals surface area contributed by atoms with Crippen molar-refractivity contribution in [2.45, 2.75) is 38.8 Å². The van der Waals surface area contributed by atoms with Crippen LogP contribution in [0.1, 0.15) is 32.1 Å².